The molecule has 0 fully saturated rings. The largest absolute Gasteiger partial charge is 0.394 e. The van der Waals surface area contributed by atoms with Gasteiger partial charge < -0.3 is 25.7 Å². The molecule has 4 unspecified atom stereocenters. The van der Waals surface area contributed by atoms with Gasteiger partial charge in [0.15, 0.2) is 0 Å². The smallest absolute Gasteiger partial charge is 0.249 e. The lowest BCUT2D eigenvalue weighted by atomic mass is 10.00. The van der Waals surface area contributed by atoms with Crippen molar-refractivity contribution in [1.82, 2.24) is 5.32 Å². The zero-order chi connectivity index (χ0) is 56.6. The van der Waals surface area contributed by atoms with E-state index in [9.17, 15) is 25.2 Å². The first-order chi connectivity index (χ1) is 38.5. The number of aliphatic hydroxyl groups is 4. The highest BCUT2D eigenvalue weighted by Gasteiger charge is 2.28. The van der Waals surface area contributed by atoms with Gasteiger partial charge in [0.1, 0.15) is 12.2 Å². The molecule has 0 aromatic heterocycles. The molecule has 78 heavy (non-hydrogen) atoms. The van der Waals surface area contributed by atoms with Gasteiger partial charge in [-0.25, -0.2) is 0 Å². The van der Waals surface area contributed by atoms with E-state index in [4.69, 9.17) is 0 Å². The van der Waals surface area contributed by atoms with Crippen LogP contribution in [-0.2, 0) is 4.79 Å². The second kappa shape index (κ2) is 65.8. The zero-order valence-corrected chi connectivity index (χ0v) is 52.2. The lowest BCUT2D eigenvalue weighted by Gasteiger charge is -2.27. The van der Waals surface area contributed by atoms with Crippen molar-refractivity contribution in [3.8, 4) is 0 Å². The third-order valence-corrected chi connectivity index (χ3v) is 16.2. The number of unbranched alkanes of at least 4 members (excludes halogenated alkanes) is 45. The number of nitrogens with one attached hydrogen (secondary N) is 1. The maximum absolute atomic E-state index is 12.7. The van der Waals surface area contributed by atoms with E-state index in [1.165, 1.54) is 270 Å². The van der Waals surface area contributed by atoms with Crippen molar-refractivity contribution in [1.29, 1.82) is 0 Å². The maximum Gasteiger partial charge on any atom is 0.249 e. The summed E-state index contributed by atoms with van der Waals surface area (Å²) in [5.41, 5.74) is 0. The molecule has 6 nitrogen and oxygen atoms in total. The summed E-state index contributed by atoms with van der Waals surface area (Å²) in [5.74, 6) is -0.596. The maximum atomic E-state index is 12.7. The summed E-state index contributed by atoms with van der Waals surface area (Å²) >= 11 is 0. The molecular weight excluding hydrogens is 959 g/mol. The molecule has 0 aliphatic heterocycles. The number of amides is 1. The van der Waals surface area contributed by atoms with Crippen LogP contribution in [0.2, 0.25) is 0 Å². The number of hydrogen-bond donors (Lipinski definition) is 5. The first kappa shape index (κ1) is 76.0. The molecule has 0 aliphatic carbocycles. The fourth-order valence-corrected chi connectivity index (χ4v) is 10.8. The van der Waals surface area contributed by atoms with Gasteiger partial charge in [-0.1, -0.05) is 325 Å². The molecule has 0 aliphatic rings. The fourth-order valence-electron chi connectivity index (χ4n) is 10.8. The van der Waals surface area contributed by atoms with E-state index >= 15 is 0 Å². The lowest BCUT2D eigenvalue weighted by Crippen LogP contribution is -2.53. The topological polar surface area (TPSA) is 110 Å². The Labute approximate surface area is 486 Å². The highest BCUT2D eigenvalue weighted by molar-refractivity contribution is 5.80. The molecule has 0 saturated heterocycles. The summed E-state index contributed by atoms with van der Waals surface area (Å²) in [6.07, 6.45) is 87.7. The van der Waals surface area contributed by atoms with Crippen molar-refractivity contribution in [2.75, 3.05) is 6.61 Å². The van der Waals surface area contributed by atoms with E-state index in [0.717, 1.165) is 57.8 Å². The third-order valence-electron chi connectivity index (χ3n) is 16.2. The van der Waals surface area contributed by atoms with E-state index in [1.54, 1.807) is 0 Å². The Balaban J connectivity index is 3.63. The molecule has 0 saturated carbocycles. The highest BCUT2D eigenvalue weighted by atomic mass is 16.3. The Morgan fingerprint density at radius 1 is 0.321 bits per heavy atom. The van der Waals surface area contributed by atoms with Crippen molar-refractivity contribution in [2.24, 2.45) is 0 Å². The first-order valence-electron chi connectivity index (χ1n) is 34.7. The van der Waals surface area contributed by atoms with Gasteiger partial charge in [-0.3, -0.25) is 4.79 Å². The average Bonchev–Trinajstić information content (AvgIpc) is 3.45. The average molecular weight is 1090 g/mol. The van der Waals surface area contributed by atoms with Gasteiger partial charge in [-0.2, -0.15) is 0 Å². The Hall–Kier alpha value is -1.99. The van der Waals surface area contributed by atoms with Gasteiger partial charge >= 0.3 is 0 Å². The van der Waals surface area contributed by atoms with E-state index in [0.29, 0.717) is 19.3 Å². The predicted molar refractivity (Wildman–Crippen MR) is 343 cm³/mol. The Morgan fingerprint density at radius 3 is 0.885 bits per heavy atom. The molecule has 0 rings (SSSR count). The predicted octanol–water partition coefficient (Wildman–Crippen LogP) is 21.4. The minimum Gasteiger partial charge on any atom is -0.394 e. The van der Waals surface area contributed by atoms with Crippen molar-refractivity contribution >= 4 is 5.91 Å². The third kappa shape index (κ3) is 58.7. The van der Waals surface area contributed by atoms with Gasteiger partial charge in [0.05, 0.1) is 18.8 Å². The molecule has 0 aromatic carbocycles. The number of aliphatic hydroxyl groups excluding tert-OH is 4. The molecule has 4 atom stereocenters. The van der Waals surface area contributed by atoms with Gasteiger partial charge in [0, 0.05) is 0 Å². The van der Waals surface area contributed by atoms with Gasteiger partial charge in [-0.05, 0) is 96.3 Å². The van der Waals surface area contributed by atoms with Crippen molar-refractivity contribution in [3.63, 3.8) is 0 Å². The summed E-state index contributed by atoms with van der Waals surface area (Å²) in [6.45, 7) is 4.08. The van der Waals surface area contributed by atoms with E-state index in [1.807, 2.05) is 0 Å². The van der Waals surface area contributed by atoms with Crippen LogP contribution < -0.4 is 5.32 Å². The molecule has 0 bridgehead atoms. The van der Waals surface area contributed by atoms with Crippen LogP contribution in [0.3, 0.4) is 0 Å². The number of hydrogen-bond acceptors (Lipinski definition) is 5. The SMILES string of the molecule is CCCCCCCCCCC/C=C\C/C=C\CCCCCCCCCCCCCCCCCCC(O)C(=O)NC(CO)C(O)C(O)CCC/C=C/CC/C=C/CC/C=C/CCCCCCCCCCCCCCCCCCC. The van der Waals surface area contributed by atoms with Crippen LogP contribution in [0.15, 0.2) is 60.8 Å². The number of allylic oxidation sites excluding steroid dienone is 10. The number of carbonyl (C=O) groups is 1. The number of rotatable bonds is 64. The minimum absolute atomic E-state index is 0.358. The minimum atomic E-state index is -1.30. The summed E-state index contributed by atoms with van der Waals surface area (Å²) in [7, 11) is 0. The van der Waals surface area contributed by atoms with Crippen LogP contribution in [0.5, 0.6) is 0 Å². The molecular formula is C72H135NO5. The Morgan fingerprint density at radius 2 is 0.577 bits per heavy atom. The van der Waals surface area contributed by atoms with Crippen LogP contribution in [0.1, 0.15) is 361 Å². The quantitative estimate of drug-likeness (QED) is 0.0308. The molecule has 6 heteroatoms. The van der Waals surface area contributed by atoms with E-state index in [-0.39, 0.29) is 0 Å². The lowest BCUT2D eigenvalue weighted by molar-refractivity contribution is -0.132. The van der Waals surface area contributed by atoms with E-state index < -0.39 is 36.9 Å². The molecule has 458 valence electrons. The van der Waals surface area contributed by atoms with Crippen molar-refractivity contribution < 1.29 is 25.2 Å². The van der Waals surface area contributed by atoms with Crippen LogP contribution in [-0.4, -0.2) is 57.3 Å². The molecule has 0 spiro atoms. The van der Waals surface area contributed by atoms with E-state index in [2.05, 4.69) is 79.9 Å². The van der Waals surface area contributed by atoms with Crippen LogP contribution in [0.25, 0.3) is 0 Å². The molecule has 1 amide bonds. The Bertz CT molecular complexity index is 1320. The molecule has 0 heterocycles. The molecule has 0 radical (unpaired) electrons. The second-order valence-corrected chi connectivity index (χ2v) is 23.8. The zero-order valence-electron chi connectivity index (χ0n) is 52.2. The fraction of sp³-hybridized carbons (Fsp3) is 0.847. The van der Waals surface area contributed by atoms with Crippen LogP contribution in [0.4, 0.5) is 0 Å². The summed E-state index contributed by atoms with van der Waals surface area (Å²) in [5, 5.41) is 44.2. The molecule has 5 N–H and O–H groups in total. The van der Waals surface area contributed by atoms with Crippen LogP contribution in [0, 0.1) is 0 Å². The summed E-state index contributed by atoms with van der Waals surface area (Å²) < 4.78 is 0. The van der Waals surface area contributed by atoms with Gasteiger partial charge in [0.25, 0.3) is 0 Å². The van der Waals surface area contributed by atoms with Crippen molar-refractivity contribution in [3.05, 3.63) is 60.8 Å². The summed E-state index contributed by atoms with van der Waals surface area (Å²) in [6, 6.07) is -1.02. The van der Waals surface area contributed by atoms with Gasteiger partial charge in [-0.15, -0.1) is 0 Å². The second-order valence-electron chi connectivity index (χ2n) is 23.8. The highest BCUT2D eigenvalue weighted by Crippen LogP contribution is 2.18. The van der Waals surface area contributed by atoms with Crippen LogP contribution >= 0.6 is 0 Å². The normalized spacial score (nSPS) is 13.9. The Kier molecular flexibility index (Phi) is 64.1. The standard InChI is InChI=1S/C72H135NO5/c1-3-5-7-9-11-13-15-17-19-21-23-25-27-29-31-33-35-36-38-40-42-44-46-48-50-52-54-56-58-60-62-64-66-70(76)72(78)73-68(67-74)71(77)69(75)65-63-61-59-57-55-53-51-49-47-45-43-41-39-37-34-32-30-28-26-24-22-20-18-16-14-12-10-8-6-4-2/h23,25,29,31,41,43,49,51,57,59,68-71,74-77H,3-22,24,26-28,30,32-40,42,44-48,50,52-56,58,60-67H2,1-2H3,(H,73,78)/b25-23-,31-29-,43-41+,51-49+,59-57+. The summed E-state index contributed by atoms with van der Waals surface area (Å²) in [4.78, 5) is 12.7. The monoisotopic (exact) mass is 1090 g/mol. The first-order valence-corrected chi connectivity index (χ1v) is 34.7. The molecule has 0 aromatic rings. The van der Waals surface area contributed by atoms with Gasteiger partial charge in [0.2, 0.25) is 5.91 Å². The number of carbonyl (C=O) groups excluding carboxylic acids is 1. The van der Waals surface area contributed by atoms with Crippen molar-refractivity contribution in [2.45, 2.75) is 385 Å².